The van der Waals surface area contributed by atoms with Crippen LogP contribution in [0.2, 0.25) is 0 Å². The summed E-state index contributed by atoms with van der Waals surface area (Å²) >= 11 is 1.54. The summed E-state index contributed by atoms with van der Waals surface area (Å²) in [5.41, 5.74) is 8.72. The standard InChI is InChI=1S/C42H38N2O5S/c1-28(46)43-25-35-14-8-9-15-37(35)30-20-22-34(23-21-30)41-47-36(24-38(48-41)31-18-16-29(26-45)17-19-31)27-50-42-44-39(32-10-4-2-5-11-32)40(49-42)33-12-6-3-7-13-33/h2-23,36,38,41,45H,24-27H2,1H3,(H,43,46). The summed E-state index contributed by atoms with van der Waals surface area (Å²) in [4.78, 5) is 16.5. The molecule has 3 atom stereocenters. The van der Waals surface area contributed by atoms with E-state index in [4.69, 9.17) is 18.9 Å². The van der Waals surface area contributed by atoms with Crippen LogP contribution in [0.1, 0.15) is 48.0 Å². The number of oxazole rings is 1. The Morgan fingerprint density at radius 2 is 1.44 bits per heavy atom. The van der Waals surface area contributed by atoms with Gasteiger partial charge in [-0.3, -0.25) is 4.79 Å². The Morgan fingerprint density at radius 3 is 2.14 bits per heavy atom. The molecule has 1 aliphatic heterocycles. The maximum Gasteiger partial charge on any atom is 0.256 e. The van der Waals surface area contributed by atoms with E-state index in [0.717, 1.165) is 56.0 Å². The molecule has 1 saturated heterocycles. The van der Waals surface area contributed by atoms with Crippen LogP contribution in [0.25, 0.3) is 33.7 Å². The van der Waals surface area contributed by atoms with Crippen molar-refractivity contribution in [2.75, 3.05) is 5.75 Å². The quantitative estimate of drug-likeness (QED) is 0.132. The average Bonchev–Trinajstić information content (AvgIpc) is 3.61. The van der Waals surface area contributed by atoms with Crippen LogP contribution < -0.4 is 5.32 Å². The van der Waals surface area contributed by atoms with Gasteiger partial charge in [0.05, 0.1) is 18.8 Å². The number of hydrogen-bond acceptors (Lipinski definition) is 7. The summed E-state index contributed by atoms with van der Waals surface area (Å²) in [7, 11) is 0. The van der Waals surface area contributed by atoms with Crippen LogP contribution in [0, 0.1) is 0 Å². The fourth-order valence-electron chi connectivity index (χ4n) is 6.12. The van der Waals surface area contributed by atoms with E-state index in [1.807, 2.05) is 115 Å². The highest BCUT2D eigenvalue weighted by Gasteiger charge is 2.33. The summed E-state index contributed by atoms with van der Waals surface area (Å²) < 4.78 is 19.6. The average molecular weight is 683 g/mol. The second-order valence-corrected chi connectivity index (χ2v) is 13.2. The molecule has 1 aliphatic rings. The molecule has 0 spiro atoms. The predicted octanol–water partition coefficient (Wildman–Crippen LogP) is 9.14. The first-order valence-electron chi connectivity index (χ1n) is 16.7. The summed E-state index contributed by atoms with van der Waals surface area (Å²) in [6.07, 6.45) is -0.320. The number of thioether (sulfide) groups is 1. The van der Waals surface area contributed by atoms with Gasteiger partial charge in [0.25, 0.3) is 5.22 Å². The molecule has 3 unspecified atom stereocenters. The number of aliphatic hydroxyl groups is 1. The van der Waals surface area contributed by atoms with Crippen LogP contribution in [0.5, 0.6) is 0 Å². The number of rotatable bonds is 11. The second kappa shape index (κ2) is 15.7. The molecule has 6 aromatic rings. The van der Waals surface area contributed by atoms with Gasteiger partial charge in [-0.05, 0) is 27.8 Å². The summed E-state index contributed by atoms with van der Waals surface area (Å²) in [5, 5.41) is 13.1. The van der Waals surface area contributed by atoms with Crippen molar-refractivity contribution in [2.24, 2.45) is 0 Å². The minimum atomic E-state index is -0.593. The van der Waals surface area contributed by atoms with Crippen LogP contribution >= 0.6 is 11.8 Å². The van der Waals surface area contributed by atoms with Crippen molar-refractivity contribution in [3.8, 4) is 33.7 Å². The minimum absolute atomic E-state index is 0.0107. The number of nitrogens with one attached hydrogen (secondary N) is 1. The van der Waals surface area contributed by atoms with Gasteiger partial charge in [-0.25, -0.2) is 4.98 Å². The molecule has 1 aromatic heterocycles. The first-order valence-corrected chi connectivity index (χ1v) is 17.7. The molecule has 0 saturated carbocycles. The van der Waals surface area contributed by atoms with Crippen molar-refractivity contribution >= 4 is 17.7 Å². The Balaban J connectivity index is 1.13. The van der Waals surface area contributed by atoms with E-state index in [0.29, 0.717) is 23.9 Å². The van der Waals surface area contributed by atoms with Gasteiger partial charge in [-0.15, -0.1) is 0 Å². The molecule has 0 aliphatic carbocycles. The third kappa shape index (κ3) is 7.90. The molecule has 50 heavy (non-hydrogen) atoms. The van der Waals surface area contributed by atoms with E-state index in [-0.39, 0.29) is 24.7 Å². The Kier molecular flexibility index (Phi) is 10.5. The topological polar surface area (TPSA) is 93.8 Å². The van der Waals surface area contributed by atoms with E-state index in [2.05, 4.69) is 23.5 Å². The number of ether oxygens (including phenoxy) is 2. The molecule has 1 fully saturated rings. The summed E-state index contributed by atoms with van der Waals surface area (Å²) in [5.74, 6) is 1.29. The van der Waals surface area contributed by atoms with Crippen LogP contribution in [0.15, 0.2) is 143 Å². The number of benzene rings is 5. The Morgan fingerprint density at radius 1 is 0.780 bits per heavy atom. The molecule has 1 amide bonds. The van der Waals surface area contributed by atoms with Gasteiger partial charge < -0.3 is 24.3 Å². The van der Waals surface area contributed by atoms with Crippen LogP contribution in [0.3, 0.4) is 0 Å². The van der Waals surface area contributed by atoms with Gasteiger partial charge in [-0.2, -0.15) is 0 Å². The number of nitrogens with zero attached hydrogens (tertiary/aromatic N) is 1. The van der Waals surface area contributed by atoms with Crippen molar-refractivity contribution < 1.29 is 23.8 Å². The first-order chi connectivity index (χ1) is 24.5. The highest BCUT2D eigenvalue weighted by molar-refractivity contribution is 7.99. The molecule has 2 N–H and O–H groups in total. The molecular formula is C42H38N2O5S. The maximum atomic E-state index is 11.6. The second-order valence-electron chi connectivity index (χ2n) is 12.2. The Bertz CT molecular complexity index is 1960. The highest BCUT2D eigenvalue weighted by Crippen LogP contribution is 2.41. The largest absolute Gasteiger partial charge is 0.431 e. The molecule has 7 rings (SSSR count). The summed E-state index contributed by atoms with van der Waals surface area (Å²) in [6.45, 7) is 1.97. The molecule has 252 valence electrons. The zero-order chi connectivity index (χ0) is 34.3. The third-order valence-electron chi connectivity index (χ3n) is 8.74. The Hall–Kier alpha value is -4.99. The van der Waals surface area contributed by atoms with Crippen LogP contribution in [-0.2, 0) is 27.4 Å². The molecule has 5 aromatic carbocycles. The molecule has 0 bridgehead atoms. The van der Waals surface area contributed by atoms with Gasteiger partial charge in [0.15, 0.2) is 12.1 Å². The zero-order valence-electron chi connectivity index (χ0n) is 27.7. The van der Waals surface area contributed by atoms with Crippen LogP contribution in [-0.4, -0.2) is 27.9 Å². The number of amides is 1. The lowest BCUT2D eigenvalue weighted by atomic mass is 9.98. The number of hydrogen-bond donors (Lipinski definition) is 2. The van der Waals surface area contributed by atoms with E-state index < -0.39 is 6.29 Å². The fourth-order valence-corrected chi connectivity index (χ4v) is 6.96. The van der Waals surface area contributed by atoms with Crippen molar-refractivity contribution in [1.29, 1.82) is 0 Å². The summed E-state index contributed by atoms with van der Waals surface area (Å²) in [6, 6.07) is 44.4. The van der Waals surface area contributed by atoms with E-state index in [1.165, 1.54) is 18.7 Å². The predicted molar refractivity (Wildman–Crippen MR) is 196 cm³/mol. The van der Waals surface area contributed by atoms with Crippen molar-refractivity contribution in [3.63, 3.8) is 0 Å². The maximum absolute atomic E-state index is 11.6. The van der Waals surface area contributed by atoms with E-state index >= 15 is 0 Å². The lowest BCUT2D eigenvalue weighted by Gasteiger charge is -2.36. The lowest BCUT2D eigenvalue weighted by molar-refractivity contribution is -0.245. The number of carbonyl (C=O) groups excluding carboxylic acids is 1. The van der Waals surface area contributed by atoms with Gasteiger partial charge in [-0.1, -0.05) is 145 Å². The van der Waals surface area contributed by atoms with Gasteiger partial charge in [0.1, 0.15) is 5.69 Å². The minimum Gasteiger partial charge on any atom is -0.431 e. The van der Waals surface area contributed by atoms with Gasteiger partial charge in [0, 0.05) is 42.3 Å². The van der Waals surface area contributed by atoms with Gasteiger partial charge in [0.2, 0.25) is 5.91 Å². The number of aromatic nitrogens is 1. The van der Waals surface area contributed by atoms with Crippen molar-refractivity contribution in [2.45, 2.75) is 50.2 Å². The SMILES string of the molecule is CC(=O)NCc1ccccc1-c1ccc(C2OC(CSc3nc(-c4ccccc4)c(-c4ccccc4)o3)CC(c3ccc(CO)cc3)O2)cc1. The first kappa shape index (κ1) is 33.5. The number of aliphatic hydroxyl groups excluding tert-OH is 1. The van der Waals surface area contributed by atoms with Crippen molar-refractivity contribution in [3.05, 3.63) is 156 Å². The third-order valence-corrected chi connectivity index (χ3v) is 9.70. The van der Waals surface area contributed by atoms with E-state index in [1.54, 1.807) is 0 Å². The lowest BCUT2D eigenvalue weighted by Crippen LogP contribution is -2.31. The van der Waals surface area contributed by atoms with Gasteiger partial charge >= 0.3 is 0 Å². The smallest absolute Gasteiger partial charge is 0.256 e. The zero-order valence-corrected chi connectivity index (χ0v) is 28.5. The molecule has 0 radical (unpaired) electrons. The molecule has 7 nitrogen and oxygen atoms in total. The molecular weight excluding hydrogens is 645 g/mol. The fraction of sp³-hybridized carbons (Fsp3) is 0.190. The Labute approximate surface area is 296 Å². The normalized spacial score (nSPS) is 17.4. The van der Waals surface area contributed by atoms with Crippen LogP contribution in [0.4, 0.5) is 0 Å². The molecule has 2 heterocycles. The van der Waals surface area contributed by atoms with E-state index in [9.17, 15) is 9.90 Å². The highest BCUT2D eigenvalue weighted by atomic mass is 32.2. The van der Waals surface area contributed by atoms with Crippen molar-refractivity contribution in [1.82, 2.24) is 10.3 Å². The molecule has 8 heteroatoms. The monoisotopic (exact) mass is 682 g/mol. The number of carbonyl (C=O) groups is 1.